The van der Waals surface area contributed by atoms with Crippen molar-refractivity contribution < 1.29 is 9.69 Å². The van der Waals surface area contributed by atoms with Gasteiger partial charge in [0.1, 0.15) is 24.5 Å². The van der Waals surface area contributed by atoms with Crippen LogP contribution in [0.3, 0.4) is 0 Å². The number of nitrogens with zero attached hydrogens (tertiary/aromatic N) is 1. The van der Waals surface area contributed by atoms with Gasteiger partial charge in [0.2, 0.25) is 5.78 Å². The summed E-state index contributed by atoms with van der Waals surface area (Å²) >= 11 is 0. The zero-order chi connectivity index (χ0) is 21.1. The predicted molar refractivity (Wildman–Crippen MR) is 113 cm³/mol. The smallest absolute Gasteiger partial charge is 0.329 e. The molecule has 4 N–H and O–H groups in total. The van der Waals surface area contributed by atoms with Crippen LogP contribution in [-0.2, 0) is 13.1 Å². The molecule has 1 heterocycles. The lowest BCUT2D eigenvalue weighted by molar-refractivity contribution is -0.916. The monoisotopic (exact) mass is 399 g/mol. The molecular formula is C22H31N4O3+. The zero-order valence-corrected chi connectivity index (χ0v) is 17.5. The van der Waals surface area contributed by atoms with E-state index in [4.69, 9.17) is 5.73 Å². The minimum absolute atomic E-state index is 0.0259. The van der Waals surface area contributed by atoms with E-state index in [0.717, 1.165) is 24.3 Å². The summed E-state index contributed by atoms with van der Waals surface area (Å²) in [7, 11) is 0. The zero-order valence-electron chi connectivity index (χ0n) is 17.5. The molecule has 7 heteroatoms. The number of aromatic nitrogens is 2. The van der Waals surface area contributed by atoms with Gasteiger partial charge in [0.25, 0.3) is 5.56 Å². The van der Waals surface area contributed by atoms with Gasteiger partial charge in [-0.3, -0.25) is 19.1 Å². The number of aromatic amines is 1. The number of hydrogen-bond acceptors (Lipinski definition) is 4. The molecule has 1 aromatic carbocycles. The van der Waals surface area contributed by atoms with E-state index in [0.29, 0.717) is 24.9 Å². The average molecular weight is 400 g/mol. The summed E-state index contributed by atoms with van der Waals surface area (Å²) in [6, 6.07) is 8.92. The number of hydrogen-bond donors (Lipinski definition) is 3. The number of nitrogen functional groups attached to an aromatic ring is 1. The van der Waals surface area contributed by atoms with Crippen LogP contribution in [0.4, 0.5) is 5.82 Å². The second-order valence-electron chi connectivity index (χ2n) is 8.28. The Labute approximate surface area is 170 Å². The highest BCUT2D eigenvalue weighted by molar-refractivity contribution is 6.00. The van der Waals surface area contributed by atoms with Crippen LogP contribution >= 0.6 is 0 Å². The van der Waals surface area contributed by atoms with Gasteiger partial charge in [0.15, 0.2) is 0 Å². The largest absolute Gasteiger partial charge is 0.384 e. The van der Waals surface area contributed by atoms with Crippen molar-refractivity contribution in [2.24, 2.45) is 0 Å². The highest BCUT2D eigenvalue weighted by atomic mass is 16.2. The maximum Gasteiger partial charge on any atom is 0.329 e. The molecule has 2 aromatic rings. The molecule has 7 nitrogen and oxygen atoms in total. The van der Waals surface area contributed by atoms with Crippen molar-refractivity contribution in [2.45, 2.75) is 65.1 Å². The van der Waals surface area contributed by atoms with E-state index in [1.165, 1.54) is 15.7 Å². The van der Waals surface area contributed by atoms with Crippen molar-refractivity contribution in [3.05, 3.63) is 61.8 Å². The van der Waals surface area contributed by atoms with E-state index in [1.54, 1.807) is 0 Å². The van der Waals surface area contributed by atoms with E-state index in [9.17, 15) is 14.4 Å². The first kappa shape index (κ1) is 21.0. The second-order valence-corrected chi connectivity index (χ2v) is 8.28. The van der Waals surface area contributed by atoms with Crippen molar-refractivity contribution in [1.29, 1.82) is 0 Å². The Morgan fingerprint density at radius 1 is 1.24 bits per heavy atom. The Bertz CT molecular complexity index is 985. The van der Waals surface area contributed by atoms with Crippen LogP contribution in [0.1, 0.15) is 67.4 Å². The molecule has 156 valence electrons. The topological polar surface area (TPSA) is 102 Å². The lowest BCUT2D eigenvalue weighted by Gasteiger charge is -2.19. The molecule has 1 unspecified atom stereocenters. The predicted octanol–water partition coefficient (Wildman–Crippen LogP) is 1.08. The van der Waals surface area contributed by atoms with Gasteiger partial charge in [-0.2, -0.15) is 0 Å². The number of nitrogens with one attached hydrogen (secondary N) is 2. The Balaban J connectivity index is 1.81. The summed E-state index contributed by atoms with van der Waals surface area (Å²) in [5.74, 6) is 0.141. The first-order chi connectivity index (χ1) is 13.8. The fourth-order valence-electron chi connectivity index (χ4n) is 3.72. The van der Waals surface area contributed by atoms with E-state index in [2.05, 4.69) is 43.1 Å². The summed E-state index contributed by atoms with van der Waals surface area (Å²) in [6.45, 7) is 7.51. The van der Waals surface area contributed by atoms with Crippen molar-refractivity contribution >= 4 is 11.6 Å². The minimum atomic E-state index is -0.693. The Morgan fingerprint density at radius 3 is 2.45 bits per heavy atom. The van der Waals surface area contributed by atoms with E-state index in [-0.39, 0.29) is 23.7 Å². The van der Waals surface area contributed by atoms with Gasteiger partial charge in [-0.05, 0) is 17.9 Å². The number of H-pyrrole nitrogens is 1. The van der Waals surface area contributed by atoms with Crippen molar-refractivity contribution in [3.63, 3.8) is 0 Å². The Hall–Kier alpha value is -2.67. The molecule has 1 aliphatic rings. The fourth-order valence-corrected chi connectivity index (χ4v) is 3.72. The molecule has 0 amide bonds. The Morgan fingerprint density at radius 2 is 1.90 bits per heavy atom. The van der Waals surface area contributed by atoms with Crippen molar-refractivity contribution in [2.75, 3.05) is 12.3 Å². The van der Waals surface area contributed by atoms with Gasteiger partial charge in [0, 0.05) is 24.9 Å². The third kappa shape index (κ3) is 4.85. The van der Waals surface area contributed by atoms with Crippen LogP contribution in [-0.4, -0.2) is 27.9 Å². The summed E-state index contributed by atoms with van der Waals surface area (Å²) in [4.78, 5) is 40.7. The van der Waals surface area contributed by atoms with E-state index in [1.807, 2.05) is 6.92 Å². The molecule has 0 radical (unpaired) electrons. The number of Topliss-reactive ketones (excluding diaryl/α,β-unsaturated/α-hetero) is 1. The molecule has 1 fully saturated rings. The molecular weight excluding hydrogens is 368 g/mol. The second kappa shape index (κ2) is 8.78. The third-order valence-electron chi connectivity index (χ3n) is 5.59. The molecule has 0 bridgehead atoms. The highest BCUT2D eigenvalue weighted by Crippen LogP contribution is 2.17. The average Bonchev–Trinajstić information content (AvgIpc) is 3.50. The molecule has 0 saturated heterocycles. The van der Waals surface area contributed by atoms with Crippen LogP contribution in [0.5, 0.6) is 0 Å². The fraction of sp³-hybridized carbons (Fsp3) is 0.500. The lowest BCUT2D eigenvalue weighted by Crippen LogP contribution is -3.13. The molecule has 0 spiro atoms. The number of benzene rings is 1. The first-order valence-corrected chi connectivity index (χ1v) is 10.4. The van der Waals surface area contributed by atoms with Gasteiger partial charge < -0.3 is 10.6 Å². The molecule has 3 rings (SSSR count). The minimum Gasteiger partial charge on any atom is -0.384 e. The van der Waals surface area contributed by atoms with E-state index >= 15 is 0 Å². The summed E-state index contributed by atoms with van der Waals surface area (Å²) in [5, 5.41) is 0. The number of carbonyl (C=O) groups excluding carboxylic acids is 1. The molecule has 0 aliphatic heterocycles. The number of quaternary nitrogens is 1. The number of carbonyl (C=O) groups is 1. The number of ketones is 1. The molecule has 29 heavy (non-hydrogen) atoms. The van der Waals surface area contributed by atoms with Crippen molar-refractivity contribution in [1.82, 2.24) is 9.55 Å². The van der Waals surface area contributed by atoms with Gasteiger partial charge in [-0.1, -0.05) is 45.0 Å². The van der Waals surface area contributed by atoms with Crippen molar-refractivity contribution in [3.8, 4) is 0 Å². The maximum atomic E-state index is 13.0. The third-order valence-corrected chi connectivity index (χ3v) is 5.59. The first-order valence-electron chi connectivity index (χ1n) is 10.4. The van der Waals surface area contributed by atoms with Crippen LogP contribution in [0.2, 0.25) is 0 Å². The van der Waals surface area contributed by atoms with Crippen LogP contribution < -0.4 is 21.9 Å². The molecule has 1 aliphatic carbocycles. The Kier molecular flexibility index (Phi) is 6.37. The molecule has 1 aromatic heterocycles. The van der Waals surface area contributed by atoms with E-state index < -0.39 is 11.2 Å². The summed E-state index contributed by atoms with van der Waals surface area (Å²) in [5.41, 5.74) is 7.15. The van der Waals surface area contributed by atoms with Gasteiger partial charge in [-0.25, -0.2) is 4.79 Å². The van der Waals surface area contributed by atoms with Gasteiger partial charge >= 0.3 is 5.69 Å². The van der Waals surface area contributed by atoms with Gasteiger partial charge in [0.05, 0.1) is 6.04 Å². The molecule has 1 saturated carbocycles. The lowest BCUT2D eigenvalue weighted by atomic mass is 10.0. The standard InChI is InChI=1S/C22H30N4O3/c1-4-11-26-20(23)19(21(28)24-22(26)29)18(27)13-25(17-9-10-17)12-15-5-7-16(8-6-15)14(2)3/h5-8,14,17H,4,9-13,23H2,1-3H3,(H,24,28,29)/p+1. The maximum absolute atomic E-state index is 13.0. The number of nitrogens with two attached hydrogens (primary N) is 1. The summed E-state index contributed by atoms with van der Waals surface area (Å²) in [6.07, 6.45) is 2.83. The summed E-state index contributed by atoms with van der Waals surface area (Å²) < 4.78 is 1.27. The van der Waals surface area contributed by atoms with Gasteiger partial charge in [-0.15, -0.1) is 0 Å². The van der Waals surface area contributed by atoms with Crippen LogP contribution in [0, 0.1) is 0 Å². The quantitative estimate of drug-likeness (QED) is 0.549. The highest BCUT2D eigenvalue weighted by Gasteiger charge is 2.35. The van der Waals surface area contributed by atoms with Crippen LogP contribution in [0.15, 0.2) is 33.9 Å². The molecule has 1 atom stereocenters. The van der Waals surface area contributed by atoms with Crippen LogP contribution in [0.25, 0.3) is 0 Å². The SMILES string of the molecule is CCCn1c(N)c(C(=O)C[NH+](Cc2ccc(C(C)C)cc2)C2CC2)c(=O)[nH]c1=O. The number of rotatable bonds is 9. The number of anilines is 1. The normalized spacial score (nSPS) is 14.9.